The molecule has 1 aliphatic rings. The Hall–Kier alpha value is -2.69. The van der Waals surface area contributed by atoms with E-state index in [9.17, 15) is 4.79 Å². The molecule has 5 heteroatoms. The summed E-state index contributed by atoms with van der Waals surface area (Å²) in [5, 5.41) is 4.14. The van der Waals surface area contributed by atoms with Crippen molar-refractivity contribution in [2.24, 2.45) is 0 Å². The summed E-state index contributed by atoms with van der Waals surface area (Å²) in [5.74, 6) is 0.591. The quantitative estimate of drug-likeness (QED) is 0.731. The summed E-state index contributed by atoms with van der Waals surface area (Å²) < 4.78 is 1.64. The van der Waals surface area contributed by atoms with Crippen molar-refractivity contribution >= 4 is 11.6 Å². The number of amides is 1. The molecule has 1 aliphatic heterocycles. The van der Waals surface area contributed by atoms with Crippen molar-refractivity contribution in [2.75, 3.05) is 13.1 Å². The normalized spacial score (nSPS) is 15.9. The predicted octanol–water partition coefficient (Wildman–Crippen LogP) is 2.75. The number of fused-ring (bicyclic) bond motifs is 1. The van der Waals surface area contributed by atoms with Gasteiger partial charge in [-0.3, -0.25) is 4.79 Å². The maximum atomic E-state index is 12.7. The first-order valence-corrected chi connectivity index (χ1v) is 7.95. The molecule has 4 rings (SSSR count). The van der Waals surface area contributed by atoms with Crippen LogP contribution in [0.3, 0.4) is 0 Å². The summed E-state index contributed by atoms with van der Waals surface area (Å²) in [4.78, 5) is 18.8. The Balaban J connectivity index is 1.46. The minimum atomic E-state index is 0.0430. The van der Waals surface area contributed by atoms with Crippen LogP contribution < -0.4 is 0 Å². The molecule has 1 amide bonds. The third kappa shape index (κ3) is 2.70. The maximum Gasteiger partial charge on any atom is 0.256 e. The average molecular weight is 306 g/mol. The molecule has 23 heavy (non-hydrogen) atoms. The summed E-state index contributed by atoms with van der Waals surface area (Å²) in [7, 11) is 0. The summed E-state index contributed by atoms with van der Waals surface area (Å²) in [6, 6.07) is 12.4. The molecule has 1 fully saturated rings. The third-order valence-electron chi connectivity index (χ3n) is 4.55. The van der Waals surface area contributed by atoms with Crippen LogP contribution >= 0.6 is 0 Å². The van der Waals surface area contributed by atoms with Crippen molar-refractivity contribution in [1.82, 2.24) is 19.5 Å². The van der Waals surface area contributed by atoms with E-state index in [4.69, 9.17) is 0 Å². The second-order valence-electron chi connectivity index (χ2n) is 5.95. The number of aromatic nitrogens is 3. The van der Waals surface area contributed by atoms with Gasteiger partial charge < -0.3 is 4.90 Å². The number of carbonyl (C=O) groups excluding carboxylic acids is 1. The van der Waals surface area contributed by atoms with Crippen molar-refractivity contribution in [3.8, 4) is 0 Å². The molecule has 2 aromatic heterocycles. The largest absolute Gasteiger partial charge is 0.339 e. The van der Waals surface area contributed by atoms with Gasteiger partial charge in [0, 0.05) is 31.5 Å². The Kier molecular flexibility index (Phi) is 3.54. The number of rotatable bonds is 2. The number of hydrogen-bond acceptors (Lipinski definition) is 3. The van der Waals surface area contributed by atoms with Gasteiger partial charge in [-0.25, -0.2) is 9.50 Å². The van der Waals surface area contributed by atoms with Crippen LogP contribution in [0.1, 0.15) is 34.7 Å². The molecular formula is C18H18N4O. The molecule has 0 unspecified atom stereocenters. The van der Waals surface area contributed by atoms with Crippen molar-refractivity contribution in [3.05, 3.63) is 66.1 Å². The van der Waals surface area contributed by atoms with Crippen LogP contribution in [0.5, 0.6) is 0 Å². The Morgan fingerprint density at radius 3 is 2.65 bits per heavy atom. The van der Waals surface area contributed by atoms with Gasteiger partial charge in [-0.05, 0) is 24.3 Å². The highest BCUT2D eigenvalue weighted by Crippen LogP contribution is 2.28. The van der Waals surface area contributed by atoms with Crippen LogP contribution in [0.2, 0.25) is 0 Å². The van der Waals surface area contributed by atoms with Gasteiger partial charge in [-0.15, -0.1) is 0 Å². The highest BCUT2D eigenvalue weighted by atomic mass is 16.2. The van der Waals surface area contributed by atoms with Crippen LogP contribution in [-0.2, 0) is 0 Å². The highest BCUT2D eigenvalue weighted by molar-refractivity contribution is 5.93. The number of hydrogen-bond donors (Lipinski definition) is 0. The number of nitrogens with zero attached hydrogens (tertiary/aromatic N) is 4. The zero-order chi connectivity index (χ0) is 15.6. The van der Waals surface area contributed by atoms with E-state index in [0.717, 1.165) is 31.6 Å². The molecular weight excluding hydrogens is 288 g/mol. The highest BCUT2D eigenvalue weighted by Gasteiger charge is 2.24. The van der Waals surface area contributed by atoms with Crippen molar-refractivity contribution in [1.29, 1.82) is 0 Å². The summed E-state index contributed by atoms with van der Waals surface area (Å²) in [6.45, 7) is 1.57. The second-order valence-corrected chi connectivity index (χ2v) is 5.95. The third-order valence-corrected chi connectivity index (χ3v) is 4.55. The lowest BCUT2D eigenvalue weighted by Crippen LogP contribution is -2.38. The summed E-state index contributed by atoms with van der Waals surface area (Å²) in [5.41, 5.74) is 2.72. The SMILES string of the molecule is O=C(c1cnc2ccnn2c1)N1CCC(c2ccccc2)CC1. The van der Waals surface area contributed by atoms with Crippen LogP contribution in [0, 0.1) is 0 Å². The monoisotopic (exact) mass is 306 g/mol. The van der Waals surface area contributed by atoms with E-state index in [0.29, 0.717) is 11.5 Å². The van der Waals surface area contributed by atoms with Gasteiger partial charge >= 0.3 is 0 Å². The smallest absolute Gasteiger partial charge is 0.256 e. The lowest BCUT2D eigenvalue weighted by Gasteiger charge is -2.32. The minimum absolute atomic E-state index is 0.0430. The van der Waals surface area contributed by atoms with Gasteiger partial charge in [0.2, 0.25) is 0 Å². The van der Waals surface area contributed by atoms with Crippen LogP contribution in [-0.4, -0.2) is 38.5 Å². The molecule has 0 aliphatic carbocycles. The molecule has 0 spiro atoms. The van der Waals surface area contributed by atoms with Crippen molar-refractivity contribution in [3.63, 3.8) is 0 Å². The fourth-order valence-corrected chi connectivity index (χ4v) is 3.24. The van der Waals surface area contributed by atoms with E-state index in [-0.39, 0.29) is 5.91 Å². The average Bonchev–Trinajstić information content (AvgIpc) is 3.10. The molecule has 0 atom stereocenters. The van der Waals surface area contributed by atoms with Gasteiger partial charge in [0.05, 0.1) is 11.8 Å². The number of benzene rings is 1. The van der Waals surface area contributed by atoms with E-state index in [1.165, 1.54) is 5.56 Å². The number of likely N-dealkylation sites (tertiary alicyclic amines) is 1. The van der Waals surface area contributed by atoms with Crippen LogP contribution in [0.4, 0.5) is 0 Å². The topological polar surface area (TPSA) is 50.5 Å². The second kappa shape index (κ2) is 5.83. The standard InChI is InChI=1S/C18H18N4O/c23-18(16-12-19-17-6-9-20-22(17)13-16)21-10-7-15(8-11-21)14-4-2-1-3-5-14/h1-6,9,12-13,15H,7-8,10-11H2. The van der Waals surface area contributed by atoms with Gasteiger partial charge in [0.1, 0.15) is 0 Å². The summed E-state index contributed by atoms with van der Waals surface area (Å²) in [6.07, 6.45) is 7.10. The molecule has 0 radical (unpaired) electrons. The van der Waals surface area contributed by atoms with E-state index >= 15 is 0 Å². The van der Waals surface area contributed by atoms with E-state index in [1.54, 1.807) is 23.1 Å². The fraction of sp³-hybridized carbons (Fsp3) is 0.278. The molecule has 0 saturated carbocycles. The molecule has 3 aromatic rings. The van der Waals surface area contributed by atoms with Gasteiger partial charge in [0.15, 0.2) is 5.65 Å². The Morgan fingerprint density at radius 2 is 1.87 bits per heavy atom. The molecule has 0 N–H and O–H groups in total. The first-order chi connectivity index (χ1) is 11.3. The molecule has 5 nitrogen and oxygen atoms in total. The van der Waals surface area contributed by atoms with Crippen LogP contribution in [0.25, 0.3) is 5.65 Å². The predicted molar refractivity (Wildman–Crippen MR) is 87.3 cm³/mol. The van der Waals surface area contributed by atoms with Crippen molar-refractivity contribution in [2.45, 2.75) is 18.8 Å². The zero-order valence-electron chi connectivity index (χ0n) is 12.8. The number of piperidine rings is 1. The fourth-order valence-electron chi connectivity index (χ4n) is 3.24. The first kappa shape index (κ1) is 13.9. The summed E-state index contributed by atoms with van der Waals surface area (Å²) >= 11 is 0. The van der Waals surface area contributed by atoms with Gasteiger partial charge in [0.25, 0.3) is 5.91 Å². The Labute approximate surface area is 134 Å². The molecule has 0 bridgehead atoms. The van der Waals surface area contributed by atoms with E-state index in [2.05, 4.69) is 34.3 Å². The maximum absolute atomic E-state index is 12.7. The molecule has 1 saturated heterocycles. The minimum Gasteiger partial charge on any atom is -0.339 e. The van der Waals surface area contributed by atoms with Crippen molar-refractivity contribution < 1.29 is 4.79 Å². The zero-order valence-corrected chi connectivity index (χ0v) is 12.8. The Bertz CT molecular complexity index is 819. The van der Waals surface area contributed by atoms with Gasteiger partial charge in [-0.1, -0.05) is 30.3 Å². The van der Waals surface area contributed by atoms with Crippen LogP contribution in [0.15, 0.2) is 55.0 Å². The molecule has 3 heterocycles. The van der Waals surface area contributed by atoms with Gasteiger partial charge in [-0.2, -0.15) is 5.10 Å². The lowest BCUT2D eigenvalue weighted by atomic mass is 9.89. The van der Waals surface area contributed by atoms with E-state index < -0.39 is 0 Å². The first-order valence-electron chi connectivity index (χ1n) is 7.95. The van der Waals surface area contributed by atoms with E-state index in [1.807, 2.05) is 17.0 Å². The Morgan fingerprint density at radius 1 is 1.09 bits per heavy atom. The number of carbonyl (C=O) groups is 1. The molecule has 1 aromatic carbocycles. The molecule has 116 valence electrons. The lowest BCUT2D eigenvalue weighted by molar-refractivity contribution is 0.0712.